The first-order chi connectivity index (χ1) is 16.7. The van der Waals surface area contributed by atoms with Crippen molar-refractivity contribution in [1.29, 1.82) is 0 Å². The maximum absolute atomic E-state index is 13.3. The highest BCUT2D eigenvalue weighted by Crippen LogP contribution is 2.51. The second kappa shape index (κ2) is 9.99. The Morgan fingerprint density at radius 3 is 2.34 bits per heavy atom. The van der Waals surface area contributed by atoms with E-state index in [1.54, 1.807) is 30.3 Å². The van der Waals surface area contributed by atoms with E-state index in [0.717, 1.165) is 5.56 Å². The Kier molecular flexibility index (Phi) is 7.02. The minimum Gasteiger partial charge on any atom is -0.460 e. The molecule has 3 amide bonds. The van der Waals surface area contributed by atoms with Gasteiger partial charge in [-0.05, 0) is 25.0 Å². The largest absolute Gasteiger partial charge is 0.460 e. The van der Waals surface area contributed by atoms with Gasteiger partial charge in [-0.15, -0.1) is 11.8 Å². The molecule has 2 fully saturated rings. The van der Waals surface area contributed by atoms with E-state index >= 15 is 0 Å². The minimum absolute atomic E-state index is 0.0451. The SMILES string of the molecule is [CH2]OC(=O)[C@@H]1N2C(=O)[C@@H](NC(=O)C(NC(=O)OCc3ccccc3)c3ccccc3)[C@H]2SC1(C)C. The molecule has 2 aliphatic rings. The topological polar surface area (TPSA) is 114 Å². The Bertz CT molecular complexity index is 1110. The van der Waals surface area contributed by atoms with E-state index in [9.17, 15) is 19.2 Å². The van der Waals surface area contributed by atoms with Gasteiger partial charge in [-0.3, -0.25) is 9.59 Å². The van der Waals surface area contributed by atoms with E-state index < -0.39 is 52.1 Å². The molecule has 0 aromatic heterocycles. The predicted molar refractivity (Wildman–Crippen MR) is 128 cm³/mol. The molecule has 2 aromatic rings. The van der Waals surface area contributed by atoms with Crippen LogP contribution in [0, 0.1) is 7.11 Å². The highest BCUT2D eigenvalue weighted by atomic mass is 32.2. The molecule has 2 saturated heterocycles. The number of rotatable bonds is 7. The fourth-order valence-corrected chi connectivity index (χ4v) is 5.89. The number of β-lactam (4-membered cyclic amide) rings is 1. The van der Waals surface area contributed by atoms with Crippen LogP contribution in [0.4, 0.5) is 4.79 Å². The first-order valence-electron chi connectivity index (χ1n) is 11.0. The van der Waals surface area contributed by atoms with Gasteiger partial charge in [0.1, 0.15) is 37.2 Å². The average molecular weight is 497 g/mol. The number of amides is 3. The van der Waals surface area contributed by atoms with E-state index in [1.807, 2.05) is 44.2 Å². The summed E-state index contributed by atoms with van der Waals surface area (Å²) in [5.41, 5.74) is 1.34. The number of nitrogens with one attached hydrogen (secondary N) is 2. The van der Waals surface area contributed by atoms with Crippen LogP contribution in [-0.2, 0) is 30.5 Å². The van der Waals surface area contributed by atoms with Gasteiger partial charge in [0.2, 0.25) is 11.8 Å². The van der Waals surface area contributed by atoms with Crippen molar-refractivity contribution in [2.45, 2.75) is 48.7 Å². The third-order valence-corrected chi connectivity index (χ3v) is 7.55. The van der Waals surface area contributed by atoms with Crippen LogP contribution >= 0.6 is 11.8 Å². The molecule has 183 valence electrons. The van der Waals surface area contributed by atoms with Crippen molar-refractivity contribution in [3.05, 3.63) is 78.9 Å². The van der Waals surface area contributed by atoms with Crippen molar-refractivity contribution < 1.29 is 28.7 Å². The van der Waals surface area contributed by atoms with Crippen LogP contribution in [0.25, 0.3) is 0 Å². The van der Waals surface area contributed by atoms with Crippen molar-refractivity contribution in [2.75, 3.05) is 0 Å². The Morgan fingerprint density at radius 2 is 1.71 bits per heavy atom. The molecule has 0 saturated carbocycles. The summed E-state index contributed by atoms with van der Waals surface area (Å²) < 4.78 is 9.30. The second-order valence-corrected chi connectivity index (χ2v) is 10.5. The number of fused-ring (bicyclic) bond motifs is 1. The summed E-state index contributed by atoms with van der Waals surface area (Å²) in [5.74, 6) is -1.56. The fraction of sp³-hybridized carbons (Fsp3) is 0.320. The minimum atomic E-state index is -1.08. The predicted octanol–water partition coefficient (Wildman–Crippen LogP) is 2.54. The summed E-state index contributed by atoms with van der Waals surface area (Å²) in [6, 6.07) is 15.1. The number of hydrogen-bond donors (Lipinski definition) is 2. The quantitative estimate of drug-likeness (QED) is 0.447. The highest BCUT2D eigenvalue weighted by molar-refractivity contribution is 8.01. The van der Waals surface area contributed by atoms with Crippen molar-refractivity contribution in [2.24, 2.45) is 0 Å². The standard InChI is InChI=1S/C25H26N3O6S/c1-25(2)19(23(31)33-3)28-21(30)18(22(28)35-25)26-20(29)17(16-12-8-5-9-13-16)27-24(32)34-14-15-10-6-4-7-11-15/h4-13,17-19,22H,3,14H2,1-2H3,(H,26,29)(H,27,32)/t17?,18-,19+,22-/m1/s1. The summed E-state index contributed by atoms with van der Waals surface area (Å²) in [6.07, 6.45) is -0.769. The fourth-order valence-electron chi connectivity index (χ4n) is 4.27. The molecule has 1 unspecified atom stereocenters. The van der Waals surface area contributed by atoms with E-state index in [4.69, 9.17) is 4.74 Å². The molecule has 2 heterocycles. The Morgan fingerprint density at radius 1 is 1.09 bits per heavy atom. The molecule has 1 radical (unpaired) electrons. The van der Waals surface area contributed by atoms with Gasteiger partial charge >= 0.3 is 12.1 Å². The monoisotopic (exact) mass is 496 g/mol. The number of esters is 1. The van der Waals surface area contributed by atoms with E-state index in [-0.39, 0.29) is 6.61 Å². The molecule has 2 N–H and O–H groups in total. The molecule has 2 aliphatic heterocycles. The first-order valence-corrected chi connectivity index (χ1v) is 11.9. The van der Waals surface area contributed by atoms with Gasteiger partial charge in [-0.2, -0.15) is 0 Å². The molecular weight excluding hydrogens is 470 g/mol. The average Bonchev–Trinajstić information content (AvgIpc) is 3.12. The maximum atomic E-state index is 13.3. The number of carbonyl (C=O) groups is 4. The zero-order valence-electron chi connectivity index (χ0n) is 19.3. The van der Waals surface area contributed by atoms with Gasteiger partial charge in [0.25, 0.3) is 0 Å². The molecule has 0 aliphatic carbocycles. The lowest BCUT2D eigenvalue weighted by molar-refractivity contribution is -0.161. The number of benzene rings is 2. The number of thioether (sulfide) groups is 1. The van der Waals surface area contributed by atoms with Gasteiger partial charge in [0, 0.05) is 4.75 Å². The summed E-state index contributed by atoms with van der Waals surface area (Å²) in [7, 11) is 3.17. The normalized spacial score (nSPS) is 22.9. The smallest absolute Gasteiger partial charge is 0.408 e. The third-order valence-electron chi connectivity index (χ3n) is 5.97. The van der Waals surface area contributed by atoms with E-state index in [1.165, 1.54) is 16.7 Å². The van der Waals surface area contributed by atoms with Crippen LogP contribution in [0.1, 0.15) is 31.0 Å². The number of hydrogen-bond acceptors (Lipinski definition) is 7. The summed E-state index contributed by atoms with van der Waals surface area (Å²) >= 11 is 1.40. The number of alkyl carbamates (subject to hydrolysis) is 1. The lowest BCUT2D eigenvalue weighted by atomic mass is 9.95. The van der Waals surface area contributed by atoms with Crippen LogP contribution in [0.5, 0.6) is 0 Å². The molecule has 0 bridgehead atoms. The molecule has 35 heavy (non-hydrogen) atoms. The summed E-state index contributed by atoms with van der Waals surface area (Å²) in [4.78, 5) is 52.3. The third kappa shape index (κ3) is 4.97. The molecule has 0 spiro atoms. The first kappa shape index (κ1) is 24.6. The molecule has 2 aromatic carbocycles. The van der Waals surface area contributed by atoms with Crippen molar-refractivity contribution >= 4 is 35.6 Å². The lowest BCUT2D eigenvalue weighted by Gasteiger charge is -2.44. The highest BCUT2D eigenvalue weighted by Gasteiger charge is 2.64. The van der Waals surface area contributed by atoms with Gasteiger partial charge < -0.3 is 25.0 Å². The van der Waals surface area contributed by atoms with E-state index in [2.05, 4.69) is 22.5 Å². The molecule has 9 nitrogen and oxygen atoms in total. The number of nitrogens with zero attached hydrogens (tertiary/aromatic N) is 1. The maximum Gasteiger partial charge on any atom is 0.408 e. The molecular formula is C25H26N3O6S. The summed E-state index contributed by atoms with van der Waals surface area (Å²) in [6.45, 7) is 3.71. The van der Waals surface area contributed by atoms with Gasteiger partial charge in [-0.25, -0.2) is 9.59 Å². The zero-order valence-corrected chi connectivity index (χ0v) is 20.1. The number of carbonyl (C=O) groups excluding carboxylic acids is 4. The Hall–Kier alpha value is -3.53. The van der Waals surface area contributed by atoms with Crippen LogP contribution in [0.15, 0.2) is 60.7 Å². The number of ether oxygens (including phenoxy) is 2. The van der Waals surface area contributed by atoms with Gasteiger partial charge in [0.05, 0.1) is 0 Å². The second-order valence-electron chi connectivity index (χ2n) is 8.76. The van der Waals surface area contributed by atoms with E-state index in [0.29, 0.717) is 5.56 Å². The van der Waals surface area contributed by atoms with Crippen LogP contribution in [0.2, 0.25) is 0 Å². The van der Waals surface area contributed by atoms with Crippen LogP contribution in [0.3, 0.4) is 0 Å². The van der Waals surface area contributed by atoms with Crippen molar-refractivity contribution in [1.82, 2.24) is 15.5 Å². The Balaban J connectivity index is 1.45. The van der Waals surface area contributed by atoms with Crippen LogP contribution in [-0.4, -0.2) is 51.0 Å². The van der Waals surface area contributed by atoms with Crippen molar-refractivity contribution in [3.8, 4) is 0 Å². The van der Waals surface area contributed by atoms with Gasteiger partial charge in [-0.1, -0.05) is 60.7 Å². The molecule has 4 rings (SSSR count). The Labute approximate surface area is 207 Å². The molecule has 4 atom stereocenters. The van der Waals surface area contributed by atoms with Crippen LogP contribution < -0.4 is 10.6 Å². The van der Waals surface area contributed by atoms with Gasteiger partial charge in [0.15, 0.2) is 0 Å². The molecule has 10 heteroatoms. The summed E-state index contributed by atoms with van der Waals surface area (Å²) in [5, 5.41) is 4.90. The van der Waals surface area contributed by atoms with Crippen molar-refractivity contribution in [3.63, 3.8) is 0 Å². The zero-order chi connectivity index (χ0) is 25.2. The lowest BCUT2D eigenvalue weighted by Crippen LogP contribution is -2.71.